The first-order chi connectivity index (χ1) is 10.9. The van der Waals surface area contributed by atoms with Crippen LogP contribution in [-0.2, 0) is 10.2 Å². The quantitative estimate of drug-likeness (QED) is 0.663. The van der Waals surface area contributed by atoms with Gasteiger partial charge in [-0.1, -0.05) is 62.7 Å². The van der Waals surface area contributed by atoms with Gasteiger partial charge in [0.25, 0.3) is 0 Å². The lowest BCUT2D eigenvalue weighted by molar-refractivity contribution is 0.292. The van der Waals surface area contributed by atoms with Crippen LogP contribution < -0.4 is 0 Å². The van der Waals surface area contributed by atoms with E-state index in [2.05, 4.69) is 45.0 Å². The lowest BCUT2D eigenvalue weighted by Gasteiger charge is -2.19. The molecule has 0 saturated carbocycles. The number of benzene rings is 2. The highest BCUT2D eigenvalue weighted by Gasteiger charge is 2.24. The summed E-state index contributed by atoms with van der Waals surface area (Å²) in [5, 5.41) is 0.375. The molecule has 23 heavy (non-hydrogen) atoms. The van der Waals surface area contributed by atoms with Crippen molar-refractivity contribution in [2.24, 2.45) is 0 Å². The van der Waals surface area contributed by atoms with E-state index in [1.54, 1.807) is 12.1 Å². The highest BCUT2D eigenvalue weighted by atomic mass is 35.5. The van der Waals surface area contributed by atoms with Gasteiger partial charge in [-0.25, -0.2) is 4.39 Å². The molecule has 3 heteroatoms. The van der Waals surface area contributed by atoms with E-state index in [1.807, 2.05) is 6.08 Å². The average Bonchev–Trinajstić information content (AvgIpc) is 2.96. The topological polar surface area (TPSA) is 9.23 Å². The maximum absolute atomic E-state index is 14.0. The lowest BCUT2D eigenvalue weighted by atomic mass is 9.85. The Bertz CT molecular complexity index is 721. The van der Waals surface area contributed by atoms with Crippen LogP contribution >= 0.6 is 11.6 Å². The van der Waals surface area contributed by atoms with E-state index in [9.17, 15) is 4.39 Å². The maximum atomic E-state index is 14.0. The van der Waals surface area contributed by atoms with Gasteiger partial charge < -0.3 is 4.74 Å². The van der Waals surface area contributed by atoms with Crippen molar-refractivity contribution in [3.63, 3.8) is 0 Å². The standard InChI is InChI=1S/C20H20ClFO/c1-20(2,3)15-9-7-13(8-10-15)14-11-18(23-12-14)19-16(21)5-4-6-17(19)22/h4-11,14H,12H2,1-3H3. The minimum absolute atomic E-state index is 0.120. The molecule has 0 spiro atoms. The fourth-order valence-corrected chi connectivity index (χ4v) is 3.03. The molecule has 0 fully saturated rings. The molecule has 2 aromatic carbocycles. The van der Waals surface area contributed by atoms with Crippen molar-refractivity contribution in [1.82, 2.24) is 0 Å². The van der Waals surface area contributed by atoms with Crippen LogP contribution in [0.15, 0.2) is 48.5 Å². The highest BCUT2D eigenvalue weighted by molar-refractivity contribution is 6.32. The summed E-state index contributed by atoms with van der Waals surface area (Å²) in [5.74, 6) is 0.292. The van der Waals surface area contributed by atoms with E-state index in [0.29, 0.717) is 23.0 Å². The summed E-state index contributed by atoms with van der Waals surface area (Å²) < 4.78 is 19.7. The van der Waals surface area contributed by atoms with Gasteiger partial charge in [0.2, 0.25) is 0 Å². The van der Waals surface area contributed by atoms with Crippen molar-refractivity contribution in [2.75, 3.05) is 6.61 Å². The molecule has 1 unspecified atom stereocenters. The molecular formula is C20H20ClFO. The highest BCUT2D eigenvalue weighted by Crippen LogP contribution is 2.36. The maximum Gasteiger partial charge on any atom is 0.135 e. The summed E-state index contributed by atoms with van der Waals surface area (Å²) in [6.45, 7) is 7.09. The Kier molecular flexibility index (Phi) is 4.20. The summed E-state index contributed by atoms with van der Waals surface area (Å²) in [6, 6.07) is 13.2. The smallest absolute Gasteiger partial charge is 0.135 e. The van der Waals surface area contributed by atoms with Gasteiger partial charge >= 0.3 is 0 Å². The number of halogens is 2. The first-order valence-electron chi connectivity index (χ1n) is 7.76. The van der Waals surface area contributed by atoms with Gasteiger partial charge in [-0.15, -0.1) is 0 Å². The third-order valence-electron chi connectivity index (χ3n) is 4.18. The molecule has 0 radical (unpaired) electrons. The zero-order valence-electron chi connectivity index (χ0n) is 13.6. The summed E-state index contributed by atoms with van der Waals surface area (Å²) in [4.78, 5) is 0. The van der Waals surface area contributed by atoms with Gasteiger partial charge in [-0.3, -0.25) is 0 Å². The Balaban J connectivity index is 1.88. The van der Waals surface area contributed by atoms with E-state index in [1.165, 1.54) is 17.2 Å². The van der Waals surface area contributed by atoms with Crippen molar-refractivity contribution in [1.29, 1.82) is 0 Å². The molecule has 3 rings (SSSR count). The molecule has 1 heterocycles. The SMILES string of the molecule is CC(C)(C)c1ccc(C2C=C(c3c(F)cccc3Cl)OC2)cc1. The van der Waals surface area contributed by atoms with Gasteiger partial charge in [0.05, 0.1) is 17.2 Å². The fraction of sp³-hybridized carbons (Fsp3) is 0.300. The Hall–Kier alpha value is -1.80. The monoisotopic (exact) mass is 330 g/mol. The van der Waals surface area contributed by atoms with Gasteiger partial charge in [-0.2, -0.15) is 0 Å². The third-order valence-corrected chi connectivity index (χ3v) is 4.50. The van der Waals surface area contributed by atoms with E-state index in [4.69, 9.17) is 16.3 Å². The van der Waals surface area contributed by atoms with Crippen molar-refractivity contribution < 1.29 is 9.13 Å². The lowest BCUT2D eigenvalue weighted by Crippen LogP contribution is -2.11. The zero-order chi connectivity index (χ0) is 16.6. The molecule has 0 bridgehead atoms. The number of ether oxygens (including phenoxy) is 1. The normalized spacial score (nSPS) is 17.8. The van der Waals surface area contributed by atoms with Gasteiger partial charge in [0.15, 0.2) is 0 Å². The van der Waals surface area contributed by atoms with Gasteiger partial charge in [-0.05, 0) is 34.8 Å². The van der Waals surface area contributed by atoms with Crippen LogP contribution in [0.2, 0.25) is 5.02 Å². The van der Waals surface area contributed by atoms with Crippen molar-refractivity contribution in [3.8, 4) is 0 Å². The summed E-state index contributed by atoms with van der Waals surface area (Å²) in [5.41, 5.74) is 2.94. The van der Waals surface area contributed by atoms with Gasteiger partial charge in [0, 0.05) is 5.92 Å². The Morgan fingerprint density at radius 1 is 1.09 bits per heavy atom. The molecule has 0 N–H and O–H groups in total. The molecule has 0 aliphatic carbocycles. The number of hydrogen-bond acceptors (Lipinski definition) is 1. The first-order valence-corrected chi connectivity index (χ1v) is 8.13. The van der Waals surface area contributed by atoms with Crippen molar-refractivity contribution in [3.05, 3.63) is 76.1 Å². The molecular weight excluding hydrogens is 311 g/mol. The predicted molar refractivity (Wildman–Crippen MR) is 93.2 cm³/mol. The van der Waals surface area contributed by atoms with Crippen molar-refractivity contribution >= 4 is 17.4 Å². The van der Waals surface area contributed by atoms with Crippen LogP contribution in [0.1, 0.15) is 43.4 Å². The molecule has 0 aromatic heterocycles. The summed E-state index contributed by atoms with van der Waals surface area (Å²) in [6.07, 6.45) is 1.95. The van der Waals surface area contributed by atoms with Crippen LogP contribution in [0.25, 0.3) is 5.76 Å². The average molecular weight is 331 g/mol. The van der Waals surface area contributed by atoms with Crippen LogP contribution in [0.5, 0.6) is 0 Å². The molecule has 1 aliphatic rings. The largest absolute Gasteiger partial charge is 0.492 e. The van der Waals surface area contributed by atoms with Gasteiger partial charge in [0.1, 0.15) is 11.6 Å². The number of hydrogen-bond donors (Lipinski definition) is 0. The predicted octanol–water partition coefficient (Wildman–Crippen LogP) is 5.93. The third kappa shape index (κ3) is 3.28. The molecule has 0 amide bonds. The number of rotatable bonds is 2. The summed E-state index contributed by atoms with van der Waals surface area (Å²) in [7, 11) is 0. The van der Waals surface area contributed by atoms with E-state index in [-0.39, 0.29) is 17.2 Å². The molecule has 1 nitrogen and oxygen atoms in total. The van der Waals surface area contributed by atoms with E-state index in [0.717, 1.165) is 0 Å². The molecule has 120 valence electrons. The molecule has 2 aromatic rings. The minimum atomic E-state index is -0.354. The second-order valence-electron chi connectivity index (χ2n) is 6.92. The Morgan fingerprint density at radius 3 is 2.39 bits per heavy atom. The summed E-state index contributed by atoms with van der Waals surface area (Å²) >= 11 is 6.11. The Labute approximate surface area is 141 Å². The minimum Gasteiger partial charge on any atom is -0.492 e. The molecule has 0 saturated heterocycles. The van der Waals surface area contributed by atoms with E-state index < -0.39 is 0 Å². The molecule has 1 aliphatic heterocycles. The van der Waals surface area contributed by atoms with Crippen LogP contribution in [0.4, 0.5) is 4.39 Å². The van der Waals surface area contributed by atoms with Crippen LogP contribution in [-0.4, -0.2) is 6.61 Å². The zero-order valence-corrected chi connectivity index (χ0v) is 14.3. The van der Waals surface area contributed by atoms with Crippen LogP contribution in [0, 0.1) is 5.82 Å². The van der Waals surface area contributed by atoms with Crippen LogP contribution in [0.3, 0.4) is 0 Å². The Morgan fingerprint density at radius 2 is 1.78 bits per heavy atom. The molecule has 1 atom stereocenters. The fourth-order valence-electron chi connectivity index (χ4n) is 2.77. The second kappa shape index (κ2) is 6.01. The van der Waals surface area contributed by atoms with Crippen molar-refractivity contribution in [2.45, 2.75) is 32.1 Å². The van der Waals surface area contributed by atoms with E-state index >= 15 is 0 Å². The first kappa shape index (κ1) is 16.1. The second-order valence-corrected chi connectivity index (χ2v) is 7.32.